The Balaban J connectivity index is 0.00000144. The maximum absolute atomic E-state index is 10.4. The number of nitrogens with zero attached hydrogens (tertiary/aromatic N) is 1. The maximum atomic E-state index is 10.4. The second kappa shape index (κ2) is 5.97. The largest absolute Gasteiger partial charge is 1.00 e. The molecule has 0 amide bonds. The fourth-order valence-corrected chi connectivity index (χ4v) is 2.04. The molecule has 0 saturated carbocycles. The number of imidazole rings is 1. The summed E-state index contributed by atoms with van der Waals surface area (Å²) in [4.78, 5) is 7.35. The summed E-state index contributed by atoms with van der Waals surface area (Å²) in [6.07, 6.45) is 0.766. The number of nitrogens with one attached hydrogen (secondary N) is 1. The number of H-pyrrole nitrogens is 1. The molecule has 0 unspecified atom stereocenters. The number of rotatable bonds is 4. The van der Waals surface area contributed by atoms with E-state index in [1.54, 1.807) is 0 Å². The third kappa shape index (κ3) is 4.40. The summed E-state index contributed by atoms with van der Waals surface area (Å²) < 4.78 is 31.2. The first-order valence-electron chi connectivity index (χ1n) is 4.92. The molecular weight excluding hydrogens is 251 g/mol. The number of benzene rings is 1. The van der Waals surface area contributed by atoms with Crippen LogP contribution in [0.2, 0.25) is 0 Å². The Morgan fingerprint density at radius 3 is 2.65 bits per heavy atom. The minimum atomic E-state index is -4.12. The molecule has 0 atom stereocenters. The summed E-state index contributed by atoms with van der Waals surface area (Å²) in [5.74, 6) is 0.370. The Bertz CT molecular complexity index is 561. The van der Waals surface area contributed by atoms with Gasteiger partial charge in [-0.15, -0.1) is 0 Å². The number of aromatic amines is 1. The Morgan fingerprint density at radius 2 is 2.00 bits per heavy atom. The third-order valence-electron chi connectivity index (χ3n) is 2.25. The van der Waals surface area contributed by atoms with Crippen LogP contribution in [-0.2, 0) is 16.5 Å². The summed E-state index contributed by atoms with van der Waals surface area (Å²) in [6.45, 7) is 0. The quantitative estimate of drug-likeness (QED) is 0.512. The van der Waals surface area contributed by atoms with Gasteiger partial charge >= 0.3 is 29.6 Å². The third-order valence-corrected chi connectivity index (χ3v) is 3.04. The number of para-hydroxylation sites is 2. The standard InChI is InChI=1S/C10H12N2O3S.Na/c13-16(14,15)7-3-6-10-11-8-4-1-2-5-9(8)12-10;/h1-2,4-5H,3,6-7H2,(H,11,12)(H,13,14,15);/q;+1/p-1. The van der Waals surface area contributed by atoms with Crippen LogP contribution in [-0.4, -0.2) is 28.7 Å². The molecule has 17 heavy (non-hydrogen) atoms. The van der Waals surface area contributed by atoms with Crippen LogP contribution in [0.15, 0.2) is 24.3 Å². The predicted molar refractivity (Wildman–Crippen MR) is 59.0 cm³/mol. The number of aryl methyl sites for hydroxylation is 1. The fraction of sp³-hybridized carbons (Fsp3) is 0.300. The number of aromatic nitrogens is 2. The second-order valence-corrected chi connectivity index (χ2v) is 5.09. The molecule has 1 N–H and O–H groups in total. The van der Waals surface area contributed by atoms with Gasteiger partial charge in [-0.2, -0.15) is 0 Å². The van der Waals surface area contributed by atoms with Crippen molar-refractivity contribution >= 4 is 21.2 Å². The van der Waals surface area contributed by atoms with Crippen LogP contribution >= 0.6 is 0 Å². The zero-order chi connectivity index (χ0) is 11.6. The number of fused-ring (bicyclic) bond motifs is 1. The van der Waals surface area contributed by atoms with E-state index in [4.69, 9.17) is 0 Å². The molecule has 0 saturated heterocycles. The Labute approximate surface area is 122 Å². The molecule has 0 spiro atoms. The van der Waals surface area contributed by atoms with Gasteiger partial charge in [0.2, 0.25) is 0 Å². The van der Waals surface area contributed by atoms with Crippen LogP contribution in [0.4, 0.5) is 0 Å². The first-order valence-corrected chi connectivity index (χ1v) is 6.49. The normalized spacial score (nSPS) is 11.4. The molecule has 0 aliphatic rings. The van der Waals surface area contributed by atoms with Gasteiger partial charge in [-0.25, -0.2) is 13.4 Å². The van der Waals surface area contributed by atoms with E-state index in [0.29, 0.717) is 18.7 Å². The fourth-order valence-electron chi connectivity index (χ4n) is 1.54. The molecule has 0 aliphatic carbocycles. The van der Waals surface area contributed by atoms with Crippen LogP contribution in [0.25, 0.3) is 11.0 Å². The van der Waals surface area contributed by atoms with E-state index in [1.165, 1.54) is 0 Å². The van der Waals surface area contributed by atoms with Crippen molar-refractivity contribution in [3.8, 4) is 0 Å². The predicted octanol–water partition coefficient (Wildman–Crippen LogP) is -1.96. The van der Waals surface area contributed by atoms with Crippen molar-refractivity contribution in [3.63, 3.8) is 0 Å². The average molecular weight is 262 g/mol. The molecule has 0 aliphatic heterocycles. The van der Waals surface area contributed by atoms with Crippen LogP contribution in [0.5, 0.6) is 0 Å². The van der Waals surface area contributed by atoms with Crippen LogP contribution < -0.4 is 29.6 Å². The van der Waals surface area contributed by atoms with Crippen molar-refractivity contribution in [1.29, 1.82) is 0 Å². The van der Waals surface area contributed by atoms with Crippen molar-refractivity contribution < 1.29 is 42.5 Å². The summed E-state index contributed by atoms with van der Waals surface area (Å²) in [5.41, 5.74) is 1.77. The van der Waals surface area contributed by atoms with E-state index in [2.05, 4.69) is 9.97 Å². The van der Waals surface area contributed by atoms with E-state index in [0.717, 1.165) is 11.0 Å². The summed E-state index contributed by atoms with van der Waals surface area (Å²) >= 11 is 0. The van der Waals surface area contributed by atoms with Crippen molar-refractivity contribution in [2.45, 2.75) is 12.8 Å². The molecule has 2 aromatic rings. The van der Waals surface area contributed by atoms with Gasteiger partial charge in [0, 0.05) is 12.2 Å². The molecule has 1 heterocycles. The Hall–Kier alpha value is -0.400. The van der Waals surface area contributed by atoms with Gasteiger partial charge in [0.15, 0.2) is 0 Å². The second-order valence-electron chi connectivity index (χ2n) is 3.57. The van der Waals surface area contributed by atoms with Crippen LogP contribution in [0.3, 0.4) is 0 Å². The number of hydrogen-bond acceptors (Lipinski definition) is 4. The SMILES string of the molecule is O=S(=O)([O-])CCCc1nc2ccccc2[nH]1.[Na+]. The zero-order valence-electron chi connectivity index (χ0n) is 9.51. The van der Waals surface area contributed by atoms with Gasteiger partial charge in [0.05, 0.1) is 21.2 Å². The summed E-state index contributed by atoms with van der Waals surface area (Å²) in [5, 5.41) is 0. The first kappa shape index (κ1) is 14.7. The van der Waals surface area contributed by atoms with Gasteiger partial charge in [0.25, 0.3) is 0 Å². The van der Waals surface area contributed by atoms with E-state index < -0.39 is 10.1 Å². The molecule has 7 heteroatoms. The molecule has 86 valence electrons. The summed E-state index contributed by atoms with van der Waals surface area (Å²) in [7, 11) is -4.12. The topological polar surface area (TPSA) is 85.9 Å². The van der Waals surface area contributed by atoms with Crippen molar-refractivity contribution in [3.05, 3.63) is 30.1 Å². The van der Waals surface area contributed by atoms with E-state index in [1.807, 2.05) is 24.3 Å². The molecule has 0 fully saturated rings. The van der Waals surface area contributed by atoms with Crippen molar-refractivity contribution in [2.75, 3.05) is 5.75 Å². The van der Waals surface area contributed by atoms with Gasteiger partial charge in [0.1, 0.15) is 5.82 Å². The monoisotopic (exact) mass is 262 g/mol. The molecule has 1 aromatic heterocycles. The minimum absolute atomic E-state index is 0. The average Bonchev–Trinajstić information content (AvgIpc) is 2.57. The van der Waals surface area contributed by atoms with Crippen molar-refractivity contribution in [2.24, 2.45) is 0 Å². The van der Waals surface area contributed by atoms with Crippen LogP contribution in [0.1, 0.15) is 12.2 Å². The molecule has 0 bridgehead atoms. The molecular formula is C10H11N2NaO3S. The molecule has 5 nitrogen and oxygen atoms in total. The van der Waals surface area contributed by atoms with Crippen molar-refractivity contribution in [1.82, 2.24) is 9.97 Å². The molecule has 2 rings (SSSR count). The van der Waals surface area contributed by atoms with E-state index in [9.17, 15) is 13.0 Å². The Kier molecular flexibility index (Phi) is 5.15. The molecule has 0 radical (unpaired) electrons. The minimum Gasteiger partial charge on any atom is -0.748 e. The van der Waals surface area contributed by atoms with Gasteiger partial charge in [-0.05, 0) is 18.6 Å². The smallest absolute Gasteiger partial charge is 0.748 e. The van der Waals surface area contributed by atoms with Gasteiger partial charge < -0.3 is 9.54 Å². The number of hydrogen-bond donors (Lipinski definition) is 1. The van der Waals surface area contributed by atoms with E-state index >= 15 is 0 Å². The van der Waals surface area contributed by atoms with Gasteiger partial charge in [-0.3, -0.25) is 0 Å². The van der Waals surface area contributed by atoms with Gasteiger partial charge in [-0.1, -0.05) is 12.1 Å². The van der Waals surface area contributed by atoms with Crippen LogP contribution in [0, 0.1) is 0 Å². The molecule has 1 aromatic carbocycles. The van der Waals surface area contributed by atoms with E-state index in [-0.39, 0.29) is 35.3 Å². The summed E-state index contributed by atoms with van der Waals surface area (Å²) in [6, 6.07) is 7.55. The zero-order valence-corrected chi connectivity index (χ0v) is 12.3. The maximum Gasteiger partial charge on any atom is 1.00 e. The first-order chi connectivity index (χ1) is 7.54. The Morgan fingerprint density at radius 1 is 1.29 bits per heavy atom.